The average molecular weight is 478 g/mol. The molecule has 1 aliphatic heterocycles. The Hall–Kier alpha value is -3.65. The molecule has 1 aromatic heterocycles. The first-order valence-electron chi connectivity index (χ1n) is 11.1. The SMILES string of the molecule is CCN(CC)C(=O)C1=C(C)N=c2s/c(=C\c3ccc(O)cc3)c(=O)n2C1c1ccccc1OC. The smallest absolute Gasteiger partial charge is 0.271 e. The van der Waals surface area contributed by atoms with Gasteiger partial charge in [0.05, 0.1) is 22.9 Å². The second-order valence-electron chi connectivity index (χ2n) is 7.89. The molecule has 8 heteroatoms. The summed E-state index contributed by atoms with van der Waals surface area (Å²) in [6.07, 6.45) is 1.77. The van der Waals surface area contributed by atoms with Gasteiger partial charge in [-0.1, -0.05) is 41.7 Å². The number of hydrogen-bond donors (Lipinski definition) is 1. The molecule has 176 valence electrons. The van der Waals surface area contributed by atoms with Gasteiger partial charge < -0.3 is 14.7 Å². The monoisotopic (exact) mass is 477 g/mol. The summed E-state index contributed by atoms with van der Waals surface area (Å²) in [7, 11) is 1.58. The highest BCUT2D eigenvalue weighted by molar-refractivity contribution is 7.07. The van der Waals surface area contributed by atoms with Gasteiger partial charge >= 0.3 is 0 Å². The lowest BCUT2D eigenvalue weighted by Crippen LogP contribution is -2.43. The summed E-state index contributed by atoms with van der Waals surface area (Å²) < 4.78 is 7.71. The molecule has 1 unspecified atom stereocenters. The summed E-state index contributed by atoms with van der Waals surface area (Å²) in [4.78, 5) is 34.3. The third kappa shape index (κ3) is 4.17. The molecule has 1 atom stereocenters. The molecule has 1 N–H and O–H groups in total. The minimum atomic E-state index is -0.664. The van der Waals surface area contributed by atoms with E-state index in [1.807, 2.05) is 45.0 Å². The number of amides is 1. The van der Waals surface area contributed by atoms with Crippen LogP contribution in [0.3, 0.4) is 0 Å². The van der Waals surface area contributed by atoms with Gasteiger partial charge in [0.15, 0.2) is 4.80 Å². The minimum absolute atomic E-state index is 0.144. The molecule has 1 aliphatic rings. The topological polar surface area (TPSA) is 84.1 Å². The van der Waals surface area contributed by atoms with Gasteiger partial charge in [-0.2, -0.15) is 0 Å². The molecule has 2 aromatic carbocycles. The highest BCUT2D eigenvalue weighted by Gasteiger charge is 2.35. The van der Waals surface area contributed by atoms with Crippen LogP contribution in [0, 0.1) is 0 Å². The van der Waals surface area contributed by atoms with Gasteiger partial charge in [0, 0.05) is 18.7 Å². The van der Waals surface area contributed by atoms with E-state index in [0.29, 0.717) is 39.4 Å². The molecule has 2 heterocycles. The Morgan fingerprint density at radius 3 is 2.50 bits per heavy atom. The van der Waals surface area contributed by atoms with Crippen molar-refractivity contribution in [2.45, 2.75) is 26.8 Å². The van der Waals surface area contributed by atoms with Gasteiger partial charge in [-0.3, -0.25) is 14.2 Å². The highest BCUT2D eigenvalue weighted by Crippen LogP contribution is 2.35. The van der Waals surface area contributed by atoms with Crippen molar-refractivity contribution < 1.29 is 14.6 Å². The second-order valence-corrected chi connectivity index (χ2v) is 8.90. The van der Waals surface area contributed by atoms with Gasteiger partial charge in [0.1, 0.15) is 17.5 Å². The number of fused-ring (bicyclic) bond motifs is 1. The van der Waals surface area contributed by atoms with E-state index in [1.165, 1.54) is 11.3 Å². The molecule has 0 saturated carbocycles. The largest absolute Gasteiger partial charge is 0.508 e. The van der Waals surface area contributed by atoms with Crippen LogP contribution >= 0.6 is 11.3 Å². The number of likely N-dealkylation sites (N-methyl/N-ethyl adjacent to an activating group) is 1. The summed E-state index contributed by atoms with van der Waals surface area (Å²) in [5, 5.41) is 9.57. The number of ether oxygens (including phenoxy) is 1. The fourth-order valence-corrected chi connectivity index (χ4v) is 5.23. The molecular formula is C26H27N3O4S. The third-order valence-electron chi connectivity index (χ3n) is 5.93. The standard InChI is InChI=1S/C26H27N3O4S/c1-5-28(6-2)25(32)22-16(3)27-26-29(23(22)19-9-7-8-10-20(19)33-4)24(31)21(34-26)15-17-11-13-18(30)14-12-17/h7-15,23,30H,5-6H2,1-4H3/b21-15-. The zero-order valence-electron chi connectivity index (χ0n) is 19.6. The van der Waals surface area contributed by atoms with E-state index in [4.69, 9.17) is 4.74 Å². The Morgan fingerprint density at radius 2 is 1.85 bits per heavy atom. The van der Waals surface area contributed by atoms with Crippen LogP contribution in [0.4, 0.5) is 0 Å². The van der Waals surface area contributed by atoms with Crippen molar-refractivity contribution in [1.82, 2.24) is 9.47 Å². The first-order valence-corrected chi connectivity index (χ1v) is 11.9. The van der Waals surface area contributed by atoms with Crippen LogP contribution in [0.1, 0.15) is 37.9 Å². The lowest BCUT2D eigenvalue weighted by atomic mass is 9.94. The van der Waals surface area contributed by atoms with Gasteiger partial charge in [0.25, 0.3) is 11.5 Å². The average Bonchev–Trinajstić information content (AvgIpc) is 3.14. The van der Waals surface area contributed by atoms with Gasteiger partial charge in [-0.25, -0.2) is 4.99 Å². The van der Waals surface area contributed by atoms with Crippen molar-refractivity contribution in [2.24, 2.45) is 4.99 Å². The van der Waals surface area contributed by atoms with Crippen LogP contribution < -0.4 is 19.6 Å². The Balaban J connectivity index is 1.99. The summed E-state index contributed by atoms with van der Waals surface area (Å²) in [6.45, 7) is 6.78. The van der Waals surface area contributed by atoms with E-state index < -0.39 is 6.04 Å². The van der Waals surface area contributed by atoms with E-state index >= 15 is 0 Å². The third-order valence-corrected chi connectivity index (χ3v) is 6.91. The van der Waals surface area contributed by atoms with Crippen LogP contribution in [-0.2, 0) is 4.79 Å². The van der Waals surface area contributed by atoms with Crippen LogP contribution in [0.25, 0.3) is 6.08 Å². The molecule has 0 spiro atoms. The van der Waals surface area contributed by atoms with Crippen LogP contribution in [0.15, 0.2) is 69.6 Å². The van der Waals surface area contributed by atoms with Crippen molar-refractivity contribution in [1.29, 1.82) is 0 Å². The molecule has 4 rings (SSSR count). The first-order chi connectivity index (χ1) is 16.4. The molecule has 3 aromatic rings. The molecule has 0 fully saturated rings. The van der Waals surface area contributed by atoms with E-state index in [2.05, 4.69) is 4.99 Å². The lowest BCUT2D eigenvalue weighted by Gasteiger charge is -2.29. The number of para-hydroxylation sites is 1. The van der Waals surface area contributed by atoms with Crippen LogP contribution in [-0.4, -0.2) is 40.7 Å². The van der Waals surface area contributed by atoms with Gasteiger partial charge in [0.2, 0.25) is 0 Å². The number of carbonyl (C=O) groups is 1. The van der Waals surface area contributed by atoms with Crippen molar-refractivity contribution in [3.63, 3.8) is 0 Å². The Bertz CT molecular complexity index is 1430. The van der Waals surface area contributed by atoms with E-state index in [-0.39, 0.29) is 17.2 Å². The first kappa shape index (κ1) is 23.5. The molecule has 0 aliphatic carbocycles. The predicted octanol–water partition coefficient (Wildman–Crippen LogP) is 2.82. The van der Waals surface area contributed by atoms with E-state index in [9.17, 15) is 14.7 Å². The van der Waals surface area contributed by atoms with Gasteiger partial charge in [-0.15, -0.1) is 0 Å². The molecular weight excluding hydrogens is 450 g/mol. The minimum Gasteiger partial charge on any atom is -0.508 e. The molecule has 0 bridgehead atoms. The van der Waals surface area contributed by atoms with Gasteiger partial charge in [-0.05, 0) is 50.6 Å². The summed E-state index contributed by atoms with van der Waals surface area (Å²) in [6, 6.07) is 13.4. The molecule has 0 saturated heterocycles. The summed E-state index contributed by atoms with van der Waals surface area (Å²) in [5.41, 5.74) is 2.34. The van der Waals surface area contributed by atoms with E-state index in [0.717, 1.165) is 11.1 Å². The number of methoxy groups -OCH3 is 1. The molecule has 7 nitrogen and oxygen atoms in total. The number of aromatic nitrogens is 1. The molecule has 1 amide bonds. The lowest BCUT2D eigenvalue weighted by molar-refractivity contribution is -0.127. The maximum absolute atomic E-state index is 13.7. The van der Waals surface area contributed by atoms with Crippen LogP contribution in [0.2, 0.25) is 0 Å². The number of nitrogens with zero attached hydrogens (tertiary/aromatic N) is 3. The number of rotatable bonds is 6. The number of allylic oxidation sites excluding steroid dienone is 1. The number of phenols is 1. The Kier molecular flexibility index (Phi) is 6.70. The number of thiazole rings is 1. The molecule has 34 heavy (non-hydrogen) atoms. The number of aromatic hydroxyl groups is 1. The van der Waals surface area contributed by atoms with Crippen molar-refractivity contribution in [3.8, 4) is 11.5 Å². The molecule has 0 radical (unpaired) electrons. The van der Waals surface area contributed by atoms with Crippen molar-refractivity contribution >= 4 is 23.3 Å². The fourth-order valence-electron chi connectivity index (χ4n) is 4.18. The number of hydrogen-bond acceptors (Lipinski definition) is 6. The number of benzene rings is 2. The Morgan fingerprint density at radius 1 is 1.18 bits per heavy atom. The Labute approximate surface area is 201 Å². The highest BCUT2D eigenvalue weighted by atomic mass is 32.1. The fraction of sp³-hybridized carbons (Fsp3) is 0.269. The zero-order valence-corrected chi connectivity index (χ0v) is 20.4. The van der Waals surface area contributed by atoms with E-state index in [1.54, 1.807) is 46.9 Å². The van der Waals surface area contributed by atoms with Crippen LogP contribution in [0.5, 0.6) is 11.5 Å². The predicted molar refractivity (Wildman–Crippen MR) is 133 cm³/mol. The van der Waals surface area contributed by atoms with Crippen molar-refractivity contribution in [2.75, 3.05) is 20.2 Å². The summed E-state index contributed by atoms with van der Waals surface area (Å²) >= 11 is 1.28. The normalized spacial score (nSPS) is 15.6. The second kappa shape index (κ2) is 9.69. The summed E-state index contributed by atoms with van der Waals surface area (Å²) in [5.74, 6) is 0.611. The number of carbonyl (C=O) groups excluding carboxylic acids is 1. The van der Waals surface area contributed by atoms with Crippen molar-refractivity contribution in [3.05, 3.63) is 90.6 Å². The quantitative estimate of drug-likeness (QED) is 0.592. The maximum Gasteiger partial charge on any atom is 0.271 e. The number of phenolic OH excluding ortho intramolecular Hbond substituents is 1. The maximum atomic E-state index is 13.7. The zero-order chi connectivity index (χ0) is 24.4.